The number of nitrogens with one attached hydrogen (secondary N) is 2. The molecule has 0 aromatic carbocycles. The van der Waals surface area contributed by atoms with Gasteiger partial charge < -0.3 is 10.3 Å². The van der Waals surface area contributed by atoms with Crippen LogP contribution in [0.4, 0.5) is 24.7 Å². The van der Waals surface area contributed by atoms with Crippen molar-refractivity contribution in [1.82, 2.24) is 33.4 Å². The van der Waals surface area contributed by atoms with Gasteiger partial charge in [-0.2, -0.15) is 31.0 Å². The van der Waals surface area contributed by atoms with Crippen LogP contribution in [0.3, 0.4) is 0 Å². The highest BCUT2D eigenvalue weighted by Gasteiger charge is 2.42. The Hall–Kier alpha value is -3.78. The van der Waals surface area contributed by atoms with Gasteiger partial charge in [-0.3, -0.25) is 4.98 Å². The van der Waals surface area contributed by atoms with E-state index in [1.54, 1.807) is 36.8 Å². The zero-order chi connectivity index (χ0) is 24.4. The van der Waals surface area contributed by atoms with Gasteiger partial charge in [0.15, 0.2) is 5.69 Å². The average molecular weight is 490 g/mol. The van der Waals surface area contributed by atoms with Crippen molar-refractivity contribution in [2.45, 2.75) is 13.1 Å². The maximum atomic E-state index is 14.0. The zero-order valence-corrected chi connectivity index (χ0v) is 18.8. The van der Waals surface area contributed by atoms with E-state index >= 15 is 0 Å². The molecule has 5 rings (SSSR count). The number of halogens is 3. The van der Waals surface area contributed by atoms with Gasteiger partial charge in [0.1, 0.15) is 17.3 Å². The molecule has 1 aliphatic heterocycles. The summed E-state index contributed by atoms with van der Waals surface area (Å²) < 4.78 is 68.4. The SMILES string of the molecule is Cc1c(-c2nc3c([nH]2)-c2ccncc2Nc2ncccc2-3)c(C(F)(F)F)nn1S(=O)(=O)N(C)C. The van der Waals surface area contributed by atoms with Crippen LogP contribution in [0, 0.1) is 6.92 Å². The van der Waals surface area contributed by atoms with Crippen molar-refractivity contribution in [3.8, 4) is 33.9 Å². The highest BCUT2D eigenvalue weighted by atomic mass is 32.2. The molecule has 4 aromatic rings. The van der Waals surface area contributed by atoms with E-state index in [-0.39, 0.29) is 11.5 Å². The summed E-state index contributed by atoms with van der Waals surface area (Å²) in [5, 5.41) is 6.59. The van der Waals surface area contributed by atoms with Gasteiger partial charge in [0, 0.05) is 37.6 Å². The first kappa shape index (κ1) is 22.0. The van der Waals surface area contributed by atoms with Gasteiger partial charge in [0.05, 0.1) is 28.8 Å². The Kier molecular flexibility index (Phi) is 4.77. The number of aromatic amines is 1. The van der Waals surface area contributed by atoms with Gasteiger partial charge in [-0.25, -0.2) is 9.97 Å². The first-order chi connectivity index (χ1) is 16.0. The second-order valence-corrected chi connectivity index (χ2v) is 9.67. The predicted octanol–water partition coefficient (Wildman–Crippen LogP) is 3.44. The molecule has 2 N–H and O–H groups in total. The van der Waals surface area contributed by atoms with Gasteiger partial charge in [-0.1, -0.05) is 0 Å². The molecule has 0 aliphatic carbocycles. The predicted molar refractivity (Wildman–Crippen MR) is 117 cm³/mol. The molecule has 5 heterocycles. The maximum Gasteiger partial charge on any atom is 0.435 e. The fourth-order valence-corrected chi connectivity index (χ4v) is 4.69. The van der Waals surface area contributed by atoms with Crippen molar-refractivity contribution in [3.63, 3.8) is 0 Å². The van der Waals surface area contributed by atoms with Gasteiger partial charge in [-0.15, -0.1) is 4.09 Å². The maximum absolute atomic E-state index is 14.0. The third-order valence-electron chi connectivity index (χ3n) is 5.37. The lowest BCUT2D eigenvalue weighted by Gasteiger charge is -2.12. The minimum Gasteiger partial charge on any atom is -0.338 e. The Balaban J connectivity index is 1.82. The molecule has 10 nitrogen and oxygen atoms in total. The normalized spacial score (nSPS) is 13.1. The van der Waals surface area contributed by atoms with E-state index in [4.69, 9.17) is 0 Å². The van der Waals surface area contributed by atoms with E-state index in [1.165, 1.54) is 21.0 Å². The Morgan fingerprint density at radius 2 is 1.88 bits per heavy atom. The fourth-order valence-electron chi connectivity index (χ4n) is 3.76. The molecule has 0 amide bonds. The monoisotopic (exact) mass is 490 g/mol. The van der Waals surface area contributed by atoms with Crippen molar-refractivity contribution >= 4 is 21.7 Å². The molecule has 0 saturated carbocycles. The number of nitrogens with zero attached hydrogens (tertiary/aromatic N) is 6. The number of pyridine rings is 2. The summed E-state index contributed by atoms with van der Waals surface area (Å²) in [7, 11) is -1.90. The van der Waals surface area contributed by atoms with Crippen molar-refractivity contribution in [3.05, 3.63) is 48.2 Å². The highest BCUT2D eigenvalue weighted by molar-refractivity contribution is 7.87. The molecule has 0 spiro atoms. The summed E-state index contributed by atoms with van der Waals surface area (Å²) in [5.74, 6) is 0.279. The van der Waals surface area contributed by atoms with E-state index in [9.17, 15) is 21.6 Å². The quantitative estimate of drug-likeness (QED) is 0.397. The van der Waals surface area contributed by atoms with Crippen LogP contribution in [0.2, 0.25) is 0 Å². The van der Waals surface area contributed by atoms with Gasteiger partial charge >= 0.3 is 16.4 Å². The molecule has 0 saturated heterocycles. The summed E-state index contributed by atoms with van der Waals surface area (Å²) in [6.07, 6.45) is -0.248. The van der Waals surface area contributed by atoms with Crippen molar-refractivity contribution in [2.75, 3.05) is 19.4 Å². The van der Waals surface area contributed by atoms with Crippen LogP contribution in [0.15, 0.2) is 36.8 Å². The number of aromatic nitrogens is 6. The Bertz CT molecular complexity index is 1480. The lowest BCUT2D eigenvalue weighted by atomic mass is 10.1. The summed E-state index contributed by atoms with van der Waals surface area (Å²) in [6.45, 7) is 1.25. The van der Waals surface area contributed by atoms with Crippen molar-refractivity contribution in [1.29, 1.82) is 0 Å². The number of fused-ring (bicyclic) bond motifs is 5. The van der Waals surface area contributed by atoms with E-state index in [0.717, 1.165) is 4.31 Å². The third-order valence-corrected chi connectivity index (χ3v) is 7.09. The number of anilines is 2. The molecule has 176 valence electrons. The molecule has 14 heteroatoms. The van der Waals surface area contributed by atoms with Gasteiger partial charge in [0.2, 0.25) is 0 Å². The van der Waals surface area contributed by atoms with Crippen LogP contribution in [0.25, 0.3) is 33.9 Å². The molecule has 0 radical (unpaired) electrons. The lowest BCUT2D eigenvalue weighted by molar-refractivity contribution is -0.140. The Morgan fingerprint density at radius 1 is 1.12 bits per heavy atom. The molecule has 0 atom stereocenters. The molecule has 4 aromatic heterocycles. The second kappa shape index (κ2) is 7.36. The highest BCUT2D eigenvalue weighted by Crippen LogP contribution is 2.45. The molecule has 34 heavy (non-hydrogen) atoms. The van der Waals surface area contributed by atoms with Gasteiger partial charge in [0.25, 0.3) is 0 Å². The minimum absolute atomic E-state index is 0.172. The molecule has 1 aliphatic rings. The van der Waals surface area contributed by atoms with E-state index < -0.39 is 27.6 Å². The van der Waals surface area contributed by atoms with Crippen LogP contribution in [0.5, 0.6) is 0 Å². The topological polar surface area (TPSA) is 122 Å². The number of hydrogen-bond acceptors (Lipinski definition) is 7. The standard InChI is InChI=1S/C20H17F3N8O2S/c1-10-14(17(20(21,22)23)29-31(10)34(32,33)30(2)3)19-27-15-11-6-8-24-9-13(11)26-18-12(16(15)28-19)5-4-7-25-18/h4-9H,1-3H3,(H,25,26)(H,27,28). The number of alkyl halides is 3. The third kappa shape index (κ3) is 3.25. The smallest absolute Gasteiger partial charge is 0.338 e. The first-order valence-corrected chi connectivity index (χ1v) is 11.3. The minimum atomic E-state index is -4.93. The van der Waals surface area contributed by atoms with Crippen LogP contribution in [-0.4, -0.2) is 55.9 Å². The molecular weight excluding hydrogens is 473 g/mol. The molecule has 0 fully saturated rings. The van der Waals surface area contributed by atoms with Crippen LogP contribution in [-0.2, 0) is 16.4 Å². The number of H-pyrrole nitrogens is 1. The van der Waals surface area contributed by atoms with E-state index in [0.29, 0.717) is 38.1 Å². The molecule has 0 bridgehead atoms. The van der Waals surface area contributed by atoms with Crippen LogP contribution < -0.4 is 5.32 Å². The van der Waals surface area contributed by atoms with E-state index in [1.807, 2.05) is 0 Å². The summed E-state index contributed by atoms with van der Waals surface area (Å²) in [4.78, 5) is 15.9. The number of hydrogen-bond donors (Lipinski definition) is 2. The summed E-state index contributed by atoms with van der Waals surface area (Å²) >= 11 is 0. The largest absolute Gasteiger partial charge is 0.435 e. The van der Waals surface area contributed by atoms with Crippen LogP contribution >= 0.6 is 0 Å². The number of rotatable bonds is 3. The fraction of sp³-hybridized carbons (Fsp3) is 0.200. The zero-order valence-electron chi connectivity index (χ0n) is 18.0. The molecule has 0 unspecified atom stereocenters. The van der Waals surface area contributed by atoms with Crippen molar-refractivity contribution in [2.24, 2.45) is 0 Å². The lowest BCUT2D eigenvalue weighted by Crippen LogP contribution is -2.30. The molecular formula is C20H17F3N8O2S. The average Bonchev–Trinajstić information content (AvgIpc) is 3.32. The van der Waals surface area contributed by atoms with Crippen molar-refractivity contribution < 1.29 is 21.6 Å². The summed E-state index contributed by atoms with van der Waals surface area (Å²) in [6, 6.07) is 5.10. The van der Waals surface area contributed by atoms with Crippen LogP contribution in [0.1, 0.15) is 11.4 Å². The number of imidazole rings is 1. The Labute approximate surface area is 191 Å². The second-order valence-electron chi connectivity index (χ2n) is 7.69. The van der Waals surface area contributed by atoms with E-state index in [2.05, 4.69) is 30.4 Å². The first-order valence-electron chi connectivity index (χ1n) is 9.87. The Morgan fingerprint density at radius 3 is 2.59 bits per heavy atom. The summed E-state index contributed by atoms with van der Waals surface area (Å²) in [5.41, 5.74) is 0.476. The van der Waals surface area contributed by atoms with Gasteiger partial charge in [-0.05, 0) is 25.1 Å².